The molecule has 0 spiro atoms. The Morgan fingerprint density at radius 2 is 1.72 bits per heavy atom. The molecule has 4 aromatic rings. The summed E-state index contributed by atoms with van der Waals surface area (Å²) < 4.78 is 5.33. The van der Waals surface area contributed by atoms with Gasteiger partial charge in [-0.2, -0.15) is 0 Å². The molecule has 0 aliphatic carbocycles. The van der Waals surface area contributed by atoms with Crippen molar-refractivity contribution in [2.45, 2.75) is 19.8 Å². The molecule has 0 aliphatic heterocycles. The first-order valence-electron chi connectivity index (χ1n) is 8.14. The molecule has 124 valence electrons. The van der Waals surface area contributed by atoms with Gasteiger partial charge in [-0.3, -0.25) is 0 Å². The molecule has 2 aromatic carbocycles. The smallest absolute Gasteiger partial charge is 0.349 e. The Kier molecular flexibility index (Phi) is 3.50. The Labute approximate surface area is 144 Å². The molecule has 2 N–H and O–H groups in total. The van der Waals surface area contributed by atoms with E-state index in [2.05, 4.69) is 35.9 Å². The Morgan fingerprint density at radius 3 is 2.44 bits per heavy atom. The average Bonchev–Trinajstić information content (AvgIpc) is 2.61. The standard InChI is InChI=1S/C20H17N3O2/c1-11(2)12-7-9-13(10-8-12)19-22-17-14-5-3-4-6-15(14)25-20(24)16(17)18(21)23-19/h3-11H,1-2H3,(H2,21,22,23). The number of nitrogen functional groups attached to an aromatic ring is 1. The number of benzene rings is 2. The van der Waals surface area contributed by atoms with Crippen LogP contribution in [0.1, 0.15) is 25.3 Å². The number of nitrogens with two attached hydrogens (primary N) is 1. The Morgan fingerprint density at radius 1 is 1.00 bits per heavy atom. The zero-order valence-electron chi connectivity index (χ0n) is 14.0. The molecule has 0 aliphatic rings. The molecule has 5 heteroatoms. The van der Waals surface area contributed by atoms with E-state index in [1.54, 1.807) is 6.07 Å². The van der Waals surface area contributed by atoms with E-state index in [0.717, 1.165) is 10.9 Å². The molecule has 4 rings (SSSR count). The maximum atomic E-state index is 12.3. The lowest BCUT2D eigenvalue weighted by atomic mass is 10.0. The van der Waals surface area contributed by atoms with Gasteiger partial charge in [-0.05, 0) is 23.6 Å². The molecule has 2 heterocycles. The average molecular weight is 331 g/mol. The summed E-state index contributed by atoms with van der Waals surface area (Å²) in [6.07, 6.45) is 0. The first-order valence-corrected chi connectivity index (χ1v) is 8.14. The highest BCUT2D eigenvalue weighted by Gasteiger charge is 2.15. The maximum absolute atomic E-state index is 12.3. The van der Waals surface area contributed by atoms with E-state index in [4.69, 9.17) is 10.2 Å². The van der Waals surface area contributed by atoms with Crippen LogP contribution >= 0.6 is 0 Å². The van der Waals surface area contributed by atoms with Crippen molar-refractivity contribution in [3.8, 4) is 11.4 Å². The van der Waals surface area contributed by atoms with Gasteiger partial charge >= 0.3 is 5.63 Å². The second kappa shape index (κ2) is 5.70. The lowest BCUT2D eigenvalue weighted by Gasteiger charge is -2.09. The van der Waals surface area contributed by atoms with Crippen LogP contribution in [0.25, 0.3) is 33.3 Å². The van der Waals surface area contributed by atoms with Gasteiger partial charge in [0.15, 0.2) is 5.82 Å². The van der Waals surface area contributed by atoms with Gasteiger partial charge in [-0.15, -0.1) is 0 Å². The Bertz CT molecular complexity index is 1150. The van der Waals surface area contributed by atoms with Crippen molar-refractivity contribution in [1.29, 1.82) is 0 Å². The molecule has 0 atom stereocenters. The van der Waals surface area contributed by atoms with E-state index in [1.807, 2.05) is 30.3 Å². The molecule has 0 amide bonds. The van der Waals surface area contributed by atoms with Crippen LogP contribution in [0.5, 0.6) is 0 Å². The second-order valence-corrected chi connectivity index (χ2v) is 6.32. The zero-order chi connectivity index (χ0) is 17.6. The lowest BCUT2D eigenvalue weighted by molar-refractivity contribution is 0.569. The van der Waals surface area contributed by atoms with Crippen molar-refractivity contribution >= 4 is 27.7 Å². The molecule has 5 nitrogen and oxygen atoms in total. The molecule has 25 heavy (non-hydrogen) atoms. The van der Waals surface area contributed by atoms with E-state index in [0.29, 0.717) is 22.8 Å². The number of para-hydroxylation sites is 1. The van der Waals surface area contributed by atoms with E-state index in [1.165, 1.54) is 5.56 Å². The third kappa shape index (κ3) is 2.54. The number of aromatic nitrogens is 2. The highest BCUT2D eigenvalue weighted by atomic mass is 16.4. The van der Waals surface area contributed by atoms with Gasteiger partial charge in [0.05, 0.1) is 5.52 Å². The largest absolute Gasteiger partial charge is 0.422 e. The minimum atomic E-state index is -0.520. The number of anilines is 1. The van der Waals surface area contributed by atoms with Crippen molar-refractivity contribution < 1.29 is 4.42 Å². The number of nitrogens with zero attached hydrogens (tertiary/aromatic N) is 2. The predicted molar refractivity (Wildman–Crippen MR) is 99.5 cm³/mol. The number of hydrogen-bond acceptors (Lipinski definition) is 5. The quantitative estimate of drug-likeness (QED) is 0.441. The third-order valence-corrected chi connectivity index (χ3v) is 4.32. The van der Waals surface area contributed by atoms with Crippen molar-refractivity contribution in [3.05, 3.63) is 64.5 Å². The van der Waals surface area contributed by atoms with Gasteiger partial charge < -0.3 is 10.2 Å². The lowest BCUT2D eigenvalue weighted by Crippen LogP contribution is -2.08. The molecular formula is C20H17N3O2. The van der Waals surface area contributed by atoms with Gasteiger partial charge in [0.2, 0.25) is 0 Å². The van der Waals surface area contributed by atoms with Gasteiger partial charge in [-0.1, -0.05) is 50.2 Å². The highest BCUT2D eigenvalue weighted by molar-refractivity contribution is 6.05. The van der Waals surface area contributed by atoms with E-state index in [-0.39, 0.29) is 11.2 Å². The number of hydrogen-bond donors (Lipinski definition) is 1. The van der Waals surface area contributed by atoms with Crippen LogP contribution in [-0.2, 0) is 0 Å². The fourth-order valence-corrected chi connectivity index (χ4v) is 2.92. The summed E-state index contributed by atoms with van der Waals surface area (Å²) in [5.41, 5.74) is 8.63. The zero-order valence-corrected chi connectivity index (χ0v) is 14.0. The first-order chi connectivity index (χ1) is 12.0. The first kappa shape index (κ1) is 15.3. The van der Waals surface area contributed by atoms with Crippen LogP contribution in [0.2, 0.25) is 0 Å². The van der Waals surface area contributed by atoms with Crippen LogP contribution in [0.15, 0.2) is 57.7 Å². The Hall–Kier alpha value is -3.21. The third-order valence-electron chi connectivity index (χ3n) is 4.32. The van der Waals surface area contributed by atoms with Crippen molar-refractivity contribution in [1.82, 2.24) is 9.97 Å². The normalized spacial score (nSPS) is 11.5. The molecule has 2 aromatic heterocycles. The van der Waals surface area contributed by atoms with Gasteiger partial charge in [0.25, 0.3) is 0 Å². The van der Waals surface area contributed by atoms with E-state index in [9.17, 15) is 4.79 Å². The molecular weight excluding hydrogens is 314 g/mol. The Balaban J connectivity index is 2.00. The molecule has 0 unspecified atom stereocenters. The van der Waals surface area contributed by atoms with Crippen molar-refractivity contribution in [2.75, 3.05) is 5.73 Å². The highest BCUT2D eigenvalue weighted by Crippen LogP contribution is 2.27. The summed E-state index contributed by atoms with van der Waals surface area (Å²) in [4.78, 5) is 21.2. The fourth-order valence-electron chi connectivity index (χ4n) is 2.92. The molecule has 0 saturated carbocycles. The van der Waals surface area contributed by atoms with E-state index >= 15 is 0 Å². The van der Waals surface area contributed by atoms with Crippen LogP contribution in [0.3, 0.4) is 0 Å². The summed E-state index contributed by atoms with van der Waals surface area (Å²) in [5, 5.41) is 0.965. The van der Waals surface area contributed by atoms with Crippen LogP contribution in [-0.4, -0.2) is 9.97 Å². The van der Waals surface area contributed by atoms with E-state index < -0.39 is 5.63 Å². The minimum Gasteiger partial charge on any atom is -0.422 e. The van der Waals surface area contributed by atoms with Crippen molar-refractivity contribution in [2.24, 2.45) is 0 Å². The topological polar surface area (TPSA) is 82.0 Å². The summed E-state index contributed by atoms with van der Waals surface area (Å²) in [7, 11) is 0. The van der Waals surface area contributed by atoms with Gasteiger partial charge in [0, 0.05) is 10.9 Å². The summed E-state index contributed by atoms with van der Waals surface area (Å²) >= 11 is 0. The summed E-state index contributed by atoms with van der Waals surface area (Å²) in [6, 6.07) is 15.4. The van der Waals surface area contributed by atoms with Crippen LogP contribution < -0.4 is 11.4 Å². The van der Waals surface area contributed by atoms with Crippen LogP contribution in [0, 0.1) is 0 Å². The minimum absolute atomic E-state index is 0.132. The van der Waals surface area contributed by atoms with Crippen molar-refractivity contribution in [3.63, 3.8) is 0 Å². The van der Waals surface area contributed by atoms with Gasteiger partial charge in [0.1, 0.15) is 16.8 Å². The molecule has 0 bridgehead atoms. The van der Waals surface area contributed by atoms with Crippen LogP contribution in [0.4, 0.5) is 5.82 Å². The summed E-state index contributed by atoms with van der Waals surface area (Å²) in [6.45, 7) is 4.29. The fraction of sp³-hybridized carbons (Fsp3) is 0.150. The predicted octanol–water partition coefficient (Wildman–Crippen LogP) is 4.11. The maximum Gasteiger partial charge on any atom is 0.349 e. The summed E-state index contributed by atoms with van der Waals surface area (Å²) in [5.74, 6) is 1.08. The van der Waals surface area contributed by atoms with Gasteiger partial charge in [-0.25, -0.2) is 14.8 Å². The number of rotatable bonds is 2. The molecule has 0 saturated heterocycles. The molecule has 0 radical (unpaired) electrons. The monoisotopic (exact) mass is 331 g/mol. The second-order valence-electron chi connectivity index (χ2n) is 6.32. The number of fused-ring (bicyclic) bond motifs is 3. The SMILES string of the molecule is CC(C)c1ccc(-c2nc(N)c3c(=O)oc4ccccc4c3n2)cc1. The molecule has 0 fully saturated rings.